The molecule has 0 saturated heterocycles. The lowest BCUT2D eigenvalue weighted by Crippen LogP contribution is -2.43. The second-order valence-corrected chi connectivity index (χ2v) is 14.2. The fraction of sp³-hybridized carbons (Fsp3) is 0.326. The van der Waals surface area contributed by atoms with Crippen LogP contribution in [0.5, 0.6) is 0 Å². The molecule has 4 N–H and O–H groups in total. The van der Waals surface area contributed by atoms with Crippen molar-refractivity contribution in [1.29, 1.82) is 0 Å². The Morgan fingerprint density at radius 2 is 1.54 bits per heavy atom. The maximum absolute atomic E-state index is 13.7. The zero-order chi connectivity index (χ0) is 40.5. The van der Waals surface area contributed by atoms with Gasteiger partial charge in [0.1, 0.15) is 19.8 Å². The van der Waals surface area contributed by atoms with E-state index in [0.29, 0.717) is 52.1 Å². The lowest BCUT2D eigenvalue weighted by molar-refractivity contribution is -0.145. The van der Waals surface area contributed by atoms with E-state index in [0.717, 1.165) is 44.4 Å². The van der Waals surface area contributed by atoms with Gasteiger partial charge in [0.15, 0.2) is 17.9 Å². The third kappa shape index (κ3) is 6.99. The van der Waals surface area contributed by atoms with E-state index in [1.165, 1.54) is 13.2 Å². The van der Waals surface area contributed by atoms with Crippen LogP contribution in [0.15, 0.2) is 48.6 Å². The Morgan fingerprint density at radius 3 is 2.21 bits per heavy atom. The summed E-state index contributed by atoms with van der Waals surface area (Å²) in [5.74, 6) is -3.35. The monoisotopic (exact) mass is 760 g/mol. The molecule has 6 rings (SSSR count). The van der Waals surface area contributed by atoms with Gasteiger partial charge in [-0.25, -0.2) is 4.98 Å². The minimum atomic E-state index is -1.26. The van der Waals surface area contributed by atoms with Gasteiger partial charge in [-0.3, -0.25) is 29.0 Å². The van der Waals surface area contributed by atoms with Crippen molar-refractivity contribution >= 4 is 74.7 Å². The summed E-state index contributed by atoms with van der Waals surface area (Å²) in [6, 6.07) is 7.47. The normalized spacial score (nSPS) is 17.4. The predicted molar refractivity (Wildman–Crippen MR) is 211 cm³/mol. The number of allylic oxidation sites excluding steroid dienone is 5. The van der Waals surface area contributed by atoms with Gasteiger partial charge in [0.05, 0.1) is 41.2 Å². The van der Waals surface area contributed by atoms with Gasteiger partial charge in [0.2, 0.25) is 0 Å². The fourth-order valence-corrected chi connectivity index (χ4v) is 8.03. The van der Waals surface area contributed by atoms with Gasteiger partial charge in [0.25, 0.3) is 0 Å². The van der Waals surface area contributed by atoms with Crippen molar-refractivity contribution in [2.45, 2.75) is 58.8 Å². The molecule has 3 aromatic heterocycles. The maximum Gasteiger partial charge on any atom is 0.306 e. The predicted octanol–water partition coefficient (Wildman–Crippen LogP) is 5.15. The molecule has 13 heteroatoms. The standard InChI is InChI=1S/C43H44N4O9/c1-7-25-22(2)31-17-36-29-11-8-28(37(51)20-49)42(38(52)21-50)43(29,5)39(47-36)19-32-24(4)27(10-13-41(54)56-15-14-48)35(46-32)18-34-26(9-12-40(53)55-6)23(3)30(45-34)16-33(25)44-31/h7-8,11,14,16-19,42,44,46,49-50H,1,9-10,12-13,15,20-21H2,2-6H3/t42-,43+/m0/s1. The molecule has 1 aliphatic carbocycles. The molecule has 3 aromatic rings. The first-order valence-electron chi connectivity index (χ1n) is 18.2. The third-order valence-corrected chi connectivity index (χ3v) is 11.1. The van der Waals surface area contributed by atoms with E-state index in [2.05, 4.69) is 16.5 Å². The van der Waals surface area contributed by atoms with E-state index < -0.39 is 42.1 Å². The van der Waals surface area contributed by atoms with Crippen molar-refractivity contribution in [3.8, 4) is 0 Å². The highest BCUT2D eigenvalue weighted by molar-refractivity contribution is 6.07. The summed E-state index contributed by atoms with van der Waals surface area (Å²) in [5.41, 5.74) is 9.23. The number of ether oxygens (including phenoxy) is 2. The summed E-state index contributed by atoms with van der Waals surface area (Å²) < 4.78 is 9.99. The van der Waals surface area contributed by atoms with E-state index in [1.54, 1.807) is 25.1 Å². The summed E-state index contributed by atoms with van der Waals surface area (Å²) in [6.07, 6.45) is 6.18. The maximum atomic E-state index is 13.7. The number of esters is 2. The number of rotatable bonds is 13. The van der Waals surface area contributed by atoms with Gasteiger partial charge in [-0.05, 0) is 98.2 Å². The highest BCUT2D eigenvalue weighted by atomic mass is 16.5. The number of aldehydes is 1. The molecule has 0 unspecified atom stereocenters. The number of hydrogen-bond donors (Lipinski definition) is 4. The Balaban J connectivity index is 1.74. The number of carbonyl (C=O) groups is 5. The lowest BCUT2D eigenvalue weighted by atomic mass is 9.62. The zero-order valence-corrected chi connectivity index (χ0v) is 32.0. The van der Waals surface area contributed by atoms with Crippen molar-refractivity contribution in [3.63, 3.8) is 0 Å². The van der Waals surface area contributed by atoms with E-state index in [4.69, 9.17) is 19.4 Å². The number of carbonyl (C=O) groups excluding carboxylic acids is 5. The molecule has 56 heavy (non-hydrogen) atoms. The summed E-state index contributed by atoms with van der Waals surface area (Å²) in [5, 5.41) is 20.1. The number of aromatic amines is 2. The number of methoxy groups -OCH3 is 1. The minimum Gasteiger partial charge on any atom is -0.469 e. The molecule has 2 atom stereocenters. The van der Waals surface area contributed by atoms with Crippen molar-refractivity contribution in [1.82, 2.24) is 19.9 Å². The lowest BCUT2D eigenvalue weighted by Gasteiger charge is -2.37. The Kier molecular flexibility index (Phi) is 11.3. The van der Waals surface area contributed by atoms with E-state index in [1.807, 2.05) is 39.0 Å². The molecule has 0 saturated carbocycles. The number of nitrogens with one attached hydrogen (secondary N) is 2. The Labute approximate surface area is 322 Å². The second kappa shape index (κ2) is 16.0. The molecule has 0 radical (unpaired) electrons. The molecular formula is C43H44N4O9. The van der Waals surface area contributed by atoms with Crippen LogP contribution in [-0.4, -0.2) is 86.9 Å². The topological polar surface area (TPSA) is 202 Å². The van der Waals surface area contributed by atoms with Crippen molar-refractivity contribution in [3.05, 3.63) is 93.6 Å². The first-order chi connectivity index (χ1) is 26.8. The van der Waals surface area contributed by atoms with Crippen molar-refractivity contribution in [2.24, 2.45) is 5.92 Å². The number of nitrogens with zero attached hydrogens (tertiary/aromatic N) is 2. The van der Waals surface area contributed by atoms with Gasteiger partial charge in [-0.2, -0.15) is 0 Å². The SMILES string of the molecule is C=Cc1c(C)c2cc3nc(cc4[nH]c(cc5nc(cc1[nH]2)C(C)=C5CCC(=O)OC)c(CCC(=O)OCC=O)c4C)[C@@]1(C)C3=CC=C(C(=O)CO)[C@H]1C(=O)CO. The first-order valence-corrected chi connectivity index (χ1v) is 18.2. The van der Waals surface area contributed by atoms with Crippen LogP contribution < -0.4 is 0 Å². The Morgan fingerprint density at radius 1 is 0.857 bits per heavy atom. The average molecular weight is 761 g/mol. The summed E-state index contributed by atoms with van der Waals surface area (Å²) in [6.45, 7) is 9.63. The quantitative estimate of drug-likeness (QED) is 0.133. The number of fused-ring (bicyclic) bond motifs is 11. The van der Waals surface area contributed by atoms with Crippen molar-refractivity contribution in [2.75, 3.05) is 26.9 Å². The molecule has 0 spiro atoms. The fourth-order valence-electron chi connectivity index (χ4n) is 8.03. The smallest absolute Gasteiger partial charge is 0.306 e. The molecule has 13 nitrogen and oxygen atoms in total. The summed E-state index contributed by atoms with van der Waals surface area (Å²) in [7, 11) is 1.34. The van der Waals surface area contributed by atoms with Crippen LogP contribution in [0.25, 0.3) is 44.9 Å². The number of H-pyrrole nitrogens is 2. The van der Waals surface area contributed by atoms with Gasteiger partial charge in [-0.15, -0.1) is 0 Å². The number of ketones is 2. The number of aromatic nitrogens is 4. The van der Waals surface area contributed by atoms with E-state index in [-0.39, 0.29) is 37.4 Å². The van der Waals surface area contributed by atoms with Crippen LogP contribution >= 0.6 is 0 Å². The van der Waals surface area contributed by atoms with E-state index in [9.17, 15) is 34.2 Å². The number of aliphatic hydroxyl groups is 2. The van der Waals surface area contributed by atoms with Gasteiger partial charge >= 0.3 is 11.9 Å². The van der Waals surface area contributed by atoms with Gasteiger partial charge in [0, 0.05) is 46.0 Å². The largest absolute Gasteiger partial charge is 0.469 e. The Bertz CT molecular complexity index is 2460. The molecule has 8 bridgehead atoms. The van der Waals surface area contributed by atoms with Crippen LogP contribution in [-0.2, 0) is 45.3 Å². The highest BCUT2D eigenvalue weighted by Crippen LogP contribution is 2.52. The third-order valence-electron chi connectivity index (χ3n) is 11.1. The molecule has 290 valence electrons. The molecule has 0 fully saturated rings. The first kappa shape index (κ1) is 39.6. The molecule has 0 aromatic carbocycles. The molecule has 2 aliphatic heterocycles. The van der Waals surface area contributed by atoms with Crippen LogP contribution in [0, 0.1) is 19.8 Å². The molecule has 0 amide bonds. The van der Waals surface area contributed by atoms with Crippen molar-refractivity contribution < 1.29 is 43.7 Å². The highest BCUT2D eigenvalue weighted by Gasteiger charge is 2.52. The zero-order valence-electron chi connectivity index (χ0n) is 32.0. The van der Waals surface area contributed by atoms with Crippen LogP contribution in [0.2, 0.25) is 0 Å². The number of aryl methyl sites for hydroxylation is 3. The van der Waals surface area contributed by atoms with Crippen LogP contribution in [0.1, 0.15) is 78.1 Å². The number of hydrogen-bond acceptors (Lipinski definition) is 11. The van der Waals surface area contributed by atoms with Gasteiger partial charge < -0.3 is 29.7 Å². The minimum absolute atomic E-state index is 0.0317. The second-order valence-electron chi connectivity index (χ2n) is 14.2. The van der Waals surface area contributed by atoms with Crippen LogP contribution in [0.4, 0.5) is 0 Å². The number of Topliss-reactive ketones (excluding diaryl/α,β-unsaturated/α-hetero) is 2. The van der Waals surface area contributed by atoms with Gasteiger partial charge in [-0.1, -0.05) is 24.8 Å². The summed E-state index contributed by atoms with van der Waals surface area (Å²) in [4.78, 5) is 79.8. The molecular weight excluding hydrogens is 716 g/mol. The molecule has 5 heterocycles. The average Bonchev–Trinajstić information content (AvgIpc) is 3.85. The van der Waals surface area contributed by atoms with Crippen LogP contribution in [0.3, 0.4) is 0 Å². The number of aliphatic hydroxyl groups excluding tert-OH is 2. The Hall–Kier alpha value is -6.05. The van der Waals surface area contributed by atoms with E-state index >= 15 is 0 Å². The molecule has 3 aliphatic rings. The summed E-state index contributed by atoms with van der Waals surface area (Å²) >= 11 is 0.